The summed E-state index contributed by atoms with van der Waals surface area (Å²) in [6.07, 6.45) is 2.87. The van der Waals surface area contributed by atoms with Crippen LogP contribution >= 0.6 is 24.8 Å². The molecule has 1 heterocycles. The minimum absolute atomic E-state index is 0. The van der Waals surface area contributed by atoms with Crippen LogP contribution in [0, 0.1) is 5.92 Å². The van der Waals surface area contributed by atoms with E-state index in [4.69, 9.17) is 5.73 Å². The minimum atomic E-state index is -0.473. The molecule has 0 aliphatic carbocycles. The van der Waals surface area contributed by atoms with E-state index in [0.29, 0.717) is 11.4 Å². The lowest BCUT2D eigenvalue weighted by atomic mass is 10.0. The van der Waals surface area contributed by atoms with Crippen LogP contribution in [0.25, 0.3) is 0 Å². The number of benzene rings is 1. The molecular weight excluding hydrogens is 379 g/mol. The molecule has 0 saturated heterocycles. The first-order chi connectivity index (χ1) is 11.4. The Balaban J connectivity index is 0.00000312. The van der Waals surface area contributed by atoms with E-state index < -0.39 is 6.04 Å². The summed E-state index contributed by atoms with van der Waals surface area (Å²) in [7, 11) is 0. The summed E-state index contributed by atoms with van der Waals surface area (Å²) >= 11 is 0. The van der Waals surface area contributed by atoms with Crippen molar-refractivity contribution < 1.29 is 9.59 Å². The molecular formula is C16H24Cl2N6O2. The molecule has 3 atom stereocenters. The summed E-state index contributed by atoms with van der Waals surface area (Å²) in [5, 5.41) is 9.53. The van der Waals surface area contributed by atoms with Gasteiger partial charge in [-0.15, -0.1) is 24.8 Å². The van der Waals surface area contributed by atoms with Gasteiger partial charge in [-0.25, -0.2) is 9.67 Å². The van der Waals surface area contributed by atoms with Gasteiger partial charge in [0.05, 0.1) is 5.92 Å². The Morgan fingerprint density at radius 1 is 1.00 bits per heavy atom. The van der Waals surface area contributed by atoms with E-state index in [9.17, 15) is 9.59 Å². The zero-order valence-electron chi connectivity index (χ0n) is 14.7. The number of nitrogens with zero attached hydrogens (tertiary/aromatic N) is 3. The van der Waals surface area contributed by atoms with E-state index in [1.165, 1.54) is 17.3 Å². The normalized spacial score (nSPS) is 13.4. The van der Waals surface area contributed by atoms with Crippen molar-refractivity contribution in [2.75, 3.05) is 10.6 Å². The molecule has 0 aliphatic heterocycles. The predicted molar refractivity (Wildman–Crippen MR) is 106 cm³/mol. The van der Waals surface area contributed by atoms with Crippen LogP contribution in [0.3, 0.4) is 0 Å². The van der Waals surface area contributed by atoms with Gasteiger partial charge in [0.1, 0.15) is 18.7 Å². The fourth-order valence-electron chi connectivity index (χ4n) is 1.92. The van der Waals surface area contributed by atoms with Crippen LogP contribution in [-0.2, 0) is 9.59 Å². The van der Waals surface area contributed by atoms with Gasteiger partial charge in [-0.2, -0.15) is 5.10 Å². The van der Waals surface area contributed by atoms with E-state index >= 15 is 0 Å². The molecule has 26 heavy (non-hydrogen) atoms. The molecule has 10 heteroatoms. The van der Waals surface area contributed by atoms with E-state index in [0.717, 1.165) is 0 Å². The van der Waals surface area contributed by atoms with E-state index in [1.54, 1.807) is 45.0 Å². The Morgan fingerprint density at radius 3 is 1.92 bits per heavy atom. The number of aromatic nitrogens is 3. The maximum Gasteiger partial charge on any atom is 0.249 e. The molecule has 3 unspecified atom stereocenters. The van der Waals surface area contributed by atoms with Gasteiger partial charge in [0.2, 0.25) is 11.8 Å². The summed E-state index contributed by atoms with van der Waals surface area (Å²) in [4.78, 5) is 27.9. The summed E-state index contributed by atoms with van der Waals surface area (Å²) in [5.74, 6) is -0.627. The third-order valence-electron chi connectivity index (χ3n) is 3.84. The highest BCUT2D eigenvalue weighted by molar-refractivity contribution is 5.95. The number of hydrogen-bond acceptors (Lipinski definition) is 5. The number of amides is 2. The second-order valence-corrected chi connectivity index (χ2v) is 5.76. The third-order valence-corrected chi connectivity index (χ3v) is 3.84. The van der Waals surface area contributed by atoms with Gasteiger partial charge in [-0.1, -0.05) is 6.92 Å². The predicted octanol–water partition coefficient (Wildman–Crippen LogP) is 2.24. The third kappa shape index (κ3) is 6.29. The Labute approximate surface area is 164 Å². The summed E-state index contributed by atoms with van der Waals surface area (Å²) in [6.45, 7) is 5.30. The number of anilines is 2. The molecule has 1 aromatic carbocycles. The molecule has 1 aromatic heterocycles. The Hall–Kier alpha value is -2.16. The summed E-state index contributed by atoms with van der Waals surface area (Å²) in [6, 6.07) is 6.19. The zero-order valence-corrected chi connectivity index (χ0v) is 16.4. The van der Waals surface area contributed by atoms with Crippen molar-refractivity contribution in [3.63, 3.8) is 0 Å². The largest absolute Gasteiger partial charge is 0.327 e. The molecule has 8 nitrogen and oxygen atoms in total. The number of halogens is 2. The number of carbonyl (C=O) groups excluding carboxylic acids is 2. The lowest BCUT2D eigenvalue weighted by Crippen LogP contribution is -2.34. The van der Waals surface area contributed by atoms with Crippen LogP contribution in [0.2, 0.25) is 0 Å². The maximum absolute atomic E-state index is 12.2. The molecule has 2 aromatic rings. The van der Waals surface area contributed by atoms with Gasteiger partial charge in [-0.3, -0.25) is 9.59 Å². The monoisotopic (exact) mass is 402 g/mol. The Bertz CT molecular complexity index is 691. The van der Waals surface area contributed by atoms with E-state index in [2.05, 4.69) is 20.7 Å². The van der Waals surface area contributed by atoms with Crippen molar-refractivity contribution in [3.8, 4) is 0 Å². The van der Waals surface area contributed by atoms with Crippen molar-refractivity contribution in [1.82, 2.24) is 14.8 Å². The van der Waals surface area contributed by atoms with Crippen LogP contribution in [0.15, 0.2) is 36.9 Å². The van der Waals surface area contributed by atoms with Crippen molar-refractivity contribution in [2.45, 2.75) is 32.9 Å². The standard InChI is InChI=1S/C16H22N6O2.2ClH/c1-10(11(2)17)15(23)20-13-4-6-14(7-5-13)21-16(24)12(3)22-9-18-8-19-22;;/h4-12H,17H2,1-3H3,(H,20,23)(H,21,24);2*1H. The molecule has 0 bridgehead atoms. The molecule has 0 fully saturated rings. The van der Waals surface area contributed by atoms with Crippen molar-refractivity contribution in [1.29, 1.82) is 0 Å². The smallest absolute Gasteiger partial charge is 0.249 e. The number of nitrogens with two attached hydrogens (primary N) is 1. The van der Waals surface area contributed by atoms with Gasteiger partial charge >= 0.3 is 0 Å². The number of rotatable bonds is 6. The fraction of sp³-hybridized carbons (Fsp3) is 0.375. The average Bonchev–Trinajstić information content (AvgIpc) is 3.09. The first kappa shape index (κ1) is 23.8. The lowest BCUT2D eigenvalue weighted by Gasteiger charge is -2.16. The molecule has 0 spiro atoms. The number of hydrogen-bond donors (Lipinski definition) is 3. The van der Waals surface area contributed by atoms with Gasteiger partial charge in [-0.05, 0) is 38.1 Å². The maximum atomic E-state index is 12.2. The van der Waals surface area contributed by atoms with Crippen LogP contribution in [-0.4, -0.2) is 32.6 Å². The molecule has 0 saturated carbocycles. The fourth-order valence-corrected chi connectivity index (χ4v) is 1.92. The second kappa shape index (κ2) is 10.7. The zero-order chi connectivity index (χ0) is 17.7. The van der Waals surface area contributed by atoms with E-state index in [-0.39, 0.29) is 48.6 Å². The minimum Gasteiger partial charge on any atom is -0.327 e. The number of carbonyl (C=O) groups is 2. The topological polar surface area (TPSA) is 115 Å². The highest BCUT2D eigenvalue weighted by Gasteiger charge is 2.17. The Morgan fingerprint density at radius 2 is 1.50 bits per heavy atom. The van der Waals surface area contributed by atoms with Gasteiger partial charge in [0.25, 0.3) is 0 Å². The van der Waals surface area contributed by atoms with Crippen LogP contribution in [0.4, 0.5) is 11.4 Å². The number of nitrogens with one attached hydrogen (secondary N) is 2. The van der Waals surface area contributed by atoms with Gasteiger partial charge in [0.15, 0.2) is 0 Å². The quantitative estimate of drug-likeness (QED) is 0.684. The van der Waals surface area contributed by atoms with Crippen molar-refractivity contribution >= 4 is 48.0 Å². The SMILES string of the molecule is CC(N)C(C)C(=O)Nc1ccc(NC(=O)C(C)n2cncn2)cc1.Cl.Cl. The Kier molecular flexibility index (Phi) is 9.85. The summed E-state index contributed by atoms with van der Waals surface area (Å²) < 4.78 is 1.47. The molecule has 0 radical (unpaired) electrons. The van der Waals surface area contributed by atoms with Gasteiger partial charge < -0.3 is 16.4 Å². The van der Waals surface area contributed by atoms with Crippen LogP contribution in [0.5, 0.6) is 0 Å². The van der Waals surface area contributed by atoms with Crippen LogP contribution < -0.4 is 16.4 Å². The summed E-state index contributed by atoms with van der Waals surface area (Å²) in [5.41, 5.74) is 7.00. The first-order valence-corrected chi connectivity index (χ1v) is 7.70. The average molecular weight is 403 g/mol. The lowest BCUT2D eigenvalue weighted by molar-refractivity contribution is -0.120. The van der Waals surface area contributed by atoms with Gasteiger partial charge in [0, 0.05) is 17.4 Å². The highest BCUT2D eigenvalue weighted by Crippen LogP contribution is 2.16. The molecule has 2 amide bonds. The van der Waals surface area contributed by atoms with E-state index in [1.807, 2.05) is 0 Å². The second-order valence-electron chi connectivity index (χ2n) is 5.76. The molecule has 4 N–H and O–H groups in total. The first-order valence-electron chi connectivity index (χ1n) is 7.70. The van der Waals surface area contributed by atoms with Crippen molar-refractivity contribution in [3.05, 3.63) is 36.9 Å². The highest BCUT2D eigenvalue weighted by atomic mass is 35.5. The van der Waals surface area contributed by atoms with Crippen LogP contribution in [0.1, 0.15) is 26.8 Å². The molecule has 0 aliphatic rings. The van der Waals surface area contributed by atoms with Crippen molar-refractivity contribution in [2.24, 2.45) is 11.7 Å². The molecule has 144 valence electrons. The molecule has 2 rings (SSSR count).